The van der Waals surface area contributed by atoms with Crippen LogP contribution in [0.5, 0.6) is 5.75 Å². The summed E-state index contributed by atoms with van der Waals surface area (Å²) < 4.78 is 20.0. The van der Waals surface area contributed by atoms with Crippen molar-refractivity contribution in [1.82, 2.24) is 24.8 Å². The van der Waals surface area contributed by atoms with Gasteiger partial charge in [0.1, 0.15) is 11.4 Å². The van der Waals surface area contributed by atoms with Crippen molar-refractivity contribution < 1.29 is 9.13 Å². The molecular formula is C22H26FN7O. The molecule has 3 aromatic rings. The number of halogens is 1. The highest BCUT2D eigenvalue weighted by atomic mass is 19.1. The van der Waals surface area contributed by atoms with E-state index in [1.54, 1.807) is 19.2 Å². The van der Waals surface area contributed by atoms with Gasteiger partial charge in [0.2, 0.25) is 5.95 Å². The highest BCUT2D eigenvalue weighted by Crippen LogP contribution is 2.34. The third-order valence-corrected chi connectivity index (χ3v) is 5.73. The monoisotopic (exact) mass is 423 g/mol. The van der Waals surface area contributed by atoms with E-state index in [1.165, 1.54) is 12.3 Å². The number of piperidine rings is 1. The van der Waals surface area contributed by atoms with Crippen LogP contribution in [0.15, 0.2) is 30.5 Å². The molecule has 1 saturated heterocycles. The molecule has 4 rings (SSSR count). The lowest BCUT2D eigenvalue weighted by Gasteiger charge is -2.30. The Morgan fingerprint density at radius 3 is 2.58 bits per heavy atom. The van der Waals surface area contributed by atoms with Gasteiger partial charge in [0, 0.05) is 23.4 Å². The molecule has 0 unspecified atom stereocenters. The van der Waals surface area contributed by atoms with Crippen LogP contribution in [0.3, 0.4) is 0 Å². The Balaban J connectivity index is 1.75. The lowest BCUT2D eigenvalue weighted by molar-refractivity contribution is 0.221. The molecule has 162 valence electrons. The van der Waals surface area contributed by atoms with E-state index in [0.29, 0.717) is 28.7 Å². The molecule has 9 heteroatoms. The second-order valence-electron chi connectivity index (χ2n) is 7.55. The van der Waals surface area contributed by atoms with E-state index < -0.39 is 5.82 Å². The van der Waals surface area contributed by atoms with Crippen molar-refractivity contribution in [1.29, 1.82) is 0 Å². The SMILES string of the molecule is CCN1CCC(c2cc(-c3nc(-c4ccnc(N)c4F)ccc3OC)nc(N)n2)CC1. The Kier molecular flexibility index (Phi) is 5.94. The molecule has 1 fully saturated rings. The van der Waals surface area contributed by atoms with Crippen LogP contribution in [0.4, 0.5) is 16.2 Å². The lowest BCUT2D eigenvalue weighted by Crippen LogP contribution is -2.32. The van der Waals surface area contributed by atoms with E-state index in [0.717, 1.165) is 38.2 Å². The summed E-state index contributed by atoms with van der Waals surface area (Å²) in [6.07, 6.45) is 3.47. The molecule has 0 aromatic carbocycles. The number of hydrogen-bond acceptors (Lipinski definition) is 8. The Labute approximate surface area is 180 Å². The number of pyridine rings is 2. The van der Waals surface area contributed by atoms with Crippen LogP contribution in [0.25, 0.3) is 22.6 Å². The fourth-order valence-electron chi connectivity index (χ4n) is 3.96. The minimum absolute atomic E-state index is 0.177. The van der Waals surface area contributed by atoms with E-state index in [9.17, 15) is 4.39 Å². The zero-order valence-corrected chi connectivity index (χ0v) is 17.7. The summed E-state index contributed by atoms with van der Waals surface area (Å²) >= 11 is 0. The van der Waals surface area contributed by atoms with Crippen molar-refractivity contribution >= 4 is 11.8 Å². The molecule has 0 radical (unpaired) electrons. The van der Waals surface area contributed by atoms with Gasteiger partial charge in [-0.15, -0.1) is 0 Å². The van der Waals surface area contributed by atoms with Crippen LogP contribution in [0, 0.1) is 5.82 Å². The standard InChI is InChI=1S/C22H26FN7O/c1-3-30-10-7-13(8-11-30)16-12-17(29-22(25)28-16)20-18(31-2)5-4-15(27-20)14-6-9-26-21(24)19(14)23/h4-6,9,12-13H,3,7-8,10-11H2,1-2H3,(H2,24,26)(H2,25,28,29). The number of rotatable bonds is 5. The lowest BCUT2D eigenvalue weighted by atomic mass is 9.92. The average molecular weight is 423 g/mol. The predicted molar refractivity (Wildman–Crippen MR) is 118 cm³/mol. The number of nitrogens with zero attached hydrogens (tertiary/aromatic N) is 5. The van der Waals surface area contributed by atoms with Crippen molar-refractivity contribution in [2.45, 2.75) is 25.7 Å². The normalized spacial score (nSPS) is 15.2. The molecule has 31 heavy (non-hydrogen) atoms. The van der Waals surface area contributed by atoms with Crippen LogP contribution in [-0.4, -0.2) is 51.6 Å². The van der Waals surface area contributed by atoms with Crippen LogP contribution in [0.2, 0.25) is 0 Å². The predicted octanol–water partition coefficient (Wildman–Crippen LogP) is 3.11. The molecule has 0 amide bonds. The van der Waals surface area contributed by atoms with Gasteiger partial charge in [0.05, 0.1) is 18.5 Å². The van der Waals surface area contributed by atoms with Crippen LogP contribution < -0.4 is 16.2 Å². The fraction of sp³-hybridized carbons (Fsp3) is 0.364. The minimum Gasteiger partial charge on any atom is -0.494 e. The van der Waals surface area contributed by atoms with Crippen molar-refractivity contribution in [2.24, 2.45) is 0 Å². The van der Waals surface area contributed by atoms with Crippen molar-refractivity contribution in [3.05, 3.63) is 42.0 Å². The van der Waals surface area contributed by atoms with Crippen molar-refractivity contribution in [2.75, 3.05) is 38.2 Å². The van der Waals surface area contributed by atoms with Crippen LogP contribution in [0.1, 0.15) is 31.4 Å². The number of anilines is 2. The average Bonchev–Trinajstić information content (AvgIpc) is 2.80. The number of aromatic nitrogens is 4. The molecule has 4 heterocycles. The largest absolute Gasteiger partial charge is 0.494 e. The topological polar surface area (TPSA) is 116 Å². The first-order valence-corrected chi connectivity index (χ1v) is 10.3. The van der Waals surface area contributed by atoms with Crippen molar-refractivity contribution in [3.63, 3.8) is 0 Å². The van der Waals surface area contributed by atoms with Crippen LogP contribution in [-0.2, 0) is 0 Å². The molecule has 1 aliphatic rings. The summed E-state index contributed by atoms with van der Waals surface area (Å²) in [4.78, 5) is 19.7. The molecule has 0 saturated carbocycles. The van der Waals surface area contributed by atoms with Gasteiger partial charge in [-0.1, -0.05) is 6.92 Å². The minimum atomic E-state index is -0.614. The van der Waals surface area contributed by atoms with Gasteiger partial charge in [-0.05, 0) is 56.7 Å². The molecule has 1 aliphatic heterocycles. The maximum absolute atomic E-state index is 14.5. The third-order valence-electron chi connectivity index (χ3n) is 5.73. The molecule has 8 nitrogen and oxygen atoms in total. The summed E-state index contributed by atoms with van der Waals surface area (Å²) in [7, 11) is 1.55. The number of nitrogen functional groups attached to an aromatic ring is 2. The quantitative estimate of drug-likeness (QED) is 0.643. The number of nitrogens with two attached hydrogens (primary N) is 2. The molecule has 0 aliphatic carbocycles. The maximum atomic E-state index is 14.5. The molecule has 4 N–H and O–H groups in total. The Morgan fingerprint density at radius 2 is 1.87 bits per heavy atom. The Morgan fingerprint density at radius 1 is 1.10 bits per heavy atom. The van der Waals surface area contributed by atoms with Gasteiger partial charge in [0.25, 0.3) is 0 Å². The molecule has 0 bridgehead atoms. The van der Waals surface area contributed by atoms with Gasteiger partial charge in [-0.2, -0.15) is 0 Å². The van der Waals surface area contributed by atoms with Gasteiger partial charge >= 0.3 is 0 Å². The molecule has 0 atom stereocenters. The van der Waals surface area contributed by atoms with E-state index in [-0.39, 0.29) is 17.3 Å². The Hall–Kier alpha value is -3.33. The first-order valence-electron chi connectivity index (χ1n) is 10.3. The van der Waals surface area contributed by atoms with E-state index in [2.05, 4.69) is 31.8 Å². The summed E-state index contributed by atoms with van der Waals surface area (Å²) in [5.41, 5.74) is 14.2. The van der Waals surface area contributed by atoms with Crippen molar-refractivity contribution in [3.8, 4) is 28.4 Å². The van der Waals surface area contributed by atoms with E-state index in [4.69, 9.17) is 16.2 Å². The van der Waals surface area contributed by atoms with Crippen LogP contribution >= 0.6 is 0 Å². The second kappa shape index (κ2) is 8.81. The second-order valence-corrected chi connectivity index (χ2v) is 7.55. The van der Waals surface area contributed by atoms with Gasteiger partial charge < -0.3 is 21.1 Å². The number of likely N-dealkylation sites (tertiary alicyclic amines) is 1. The van der Waals surface area contributed by atoms with Gasteiger partial charge in [-0.3, -0.25) is 0 Å². The zero-order valence-electron chi connectivity index (χ0n) is 17.7. The molecule has 3 aromatic heterocycles. The first-order chi connectivity index (χ1) is 15.0. The summed E-state index contributed by atoms with van der Waals surface area (Å²) in [6.45, 7) is 5.28. The highest BCUT2D eigenvalue weighted by Gasteiger charge is 2.23. The highest BCUT2D eigenvalue weighted by molar-refractivity contribution is 5.71. The molecule has 0 spiro atoms. The molecular weight excluding hydrogens is 397 g/mol. The number of hydrogen-bond donors (Lipinski definition) is 2. The summed E-state index contributed by atoms with van der Waals surface area (Å²) in [6, 6.07) is 6.84. The first kappa shape index (κ1) is 20.9. The number of ether oxygens (including phenoxy) is 1. The van der Waals surface area contributed by atoms with Gasteiger partial charge in [-0.25, -0.2) is 24.3 Å². The Bertz CT molecular complexity index is 1080. The third kappa shape index (κ3) is 4.27. The number of methoxy groups -OCH3 is 1. The van der Waals surface area contributed by atoms with E-state index in [1.807, 2.05) is 6.07 Å². The zero-order chi connectivity index (χ0) is 22.0. The summed E-state index contributed by atoms with van der Waals surface area (Å²) in [5, 5.41) is 0. The fourth-order valence-corrected chi connectivity index (χ4v) is 3.96. The van der Waals surface area contributed by atoms with Gasteiger partial charge in [0.15, 0.2) is 11.6 Å². The van der Waals surface area contributed by atoms with E-state index >= 15 is 0 Å². The maximum Gasteiger partial charge on any atom is 0.220 e. The smallest absolute Gasteiger partial charge is 0.220 e. The summed E-state index contributed by atoms with van der Waals surface area (Å²) in [5.74, 6) is 0.203.